The summed E-state index contributed by atoms with van der Waals surface area (Å²) in [7, 11) is 0. The van der Waals surface area contributed by atoms with Crippen molar-refractivity contribution in [3.8, 4) is 5.75 Å². The molecule has 1 aliphatic carbocycles. The molecule has 0 bridgehead atoms. The molecule has 0 amide bonds. The molecule has 4 nitrogen and oxygen atoms in total. The Labute approximate surface area is 130 Å². The second-order valence-electron chi connectivity index (χ2n) is 5.23. The first-order chi connectivity index (χ1) is 10.2. The summed E-state index contributed by atoms with van der Waals surface area (Å²) in [6.07, 6.45) is 4.79. The van der Waals surface area contributed by atoms with Gasteiger partial charge >= 0.3 is 5.63 Å². The van der Waals surface area contributed by atoms with Crippen LogP contribution in [-0.4, -0.2) is 17.2 Å². The van der Waals surface area contributed by atoms with Crippen molar-refractivity contribution in [2.75, 3.05) is 5.33 Å². The standard InChI is InChI=1S/C16H15BrO4/c17-9-14(18)13-7-10-5-6-12(8-15(10)21-16(13)19)20-11-3-1-2-4-11/h5-8,11H,1-4,9H2. The van der Waals surface area contributed by atoms with E-state index in [0.29, 0.717) is 11.3 Å². The van der Waals surface area contributed by atoms with Crippen molar-refractivity contribution in [1.29, 1.82) is 0 Å². The number of alkyl halides is 1. The van der Waals surface area contributed by atoms with Gasteiger partial charge in [-0.25, -0.2) is 4.79 Å². The van der Waals surface area contributed by atoms with Crippen LogP contribution in [0.15, 0.2) is 33.5 Å². The second-order valence-corrected chi connectivity index (χ2v) is 5.79. The van der Waals surface area contributed by atoms with Crippen molar-refractivity contribution in [2.45, 2.75) is 31.8 Å². The minimum atomic E-state index is -0.607. The van der Waals surface area contributed by atoms with Gasteiger partial charge in [0.25, 0.3) is 0 Å². The molecule has 3 rings (SSSR count). The maximum atomic E-state index is 11.8. The number of Topliss-reactive ketones (excluding diaryl/α,β-unsaturated/α-hetero) is 1. The van der Waals surface area contributed by atoms with E-state index in [1.54, 1.807) is 12.1 Å². The van der Waals surface area contributed by atoms with Gasteiger partial charge in [-0.2, -0.15) is 0 Å². The van der Waals surface area contributed by atoms with Crippen LogP contribution >= 0.6 is 15.9 Å². The quantitative estimate of drug-likeness (QED) is 0.479. The van der Waals surface area contributed by atoms with Crippen LogP contribution in [0.5, 0.6) is 5.75 Å². The summed E-state index contributed by atoms with van der Waals surface area (Å²) in [6.45, 7) is 0. The Morgan fingerprint density at radius 3 is 2.76 bits per heavy atom. The molecular formula is C16H15BrO4. The predicted octanol–water partition coefficient (Wildman–Crippen LogP) is 3.69. The smallest absolute Gasteiger partial charge is 0.347 e. The lowest BCUT2D eigenvalue weighted by molar-refractivity contribution is 0.102. The SMILES string of the molecule is O=C(CBr)c1cc2ccc(OC3CCCC3)cc2oc1=O. The van der Waals surface area contributed by atoms with Gasteiger partial charge in [0.15, 0.2) is 5.78 Å². The van der Waals surface area contributed by atoms with Crippen LogP contribution in [-0.2, 0) is 0 Å². The molecule has 0 unspecified atom stereocenters. The molecule has 1 aromatic carbocycles. The Morgan fingerprint density at radius 2 is 2.05 bits per heavy atom. The number of benzene rings is 1. The van der Waals surface area contributed by atoms with Gasteiger partial charge in [0.2, 0.25) is 0 Å². The highest BCUT2D eigenvalue weighted by molar-refractivity contribution is 9.09. The number of hydrogen-bond acceptors (Lipinski definition) is 4. The van der Waals surface area contributed by atoms with Crippen LogP contribution in [0.4, 0.5) is 0 Å². The normalized spacial score (nSPS) is 15.5. The lowest BCUT2D eigenvalue weighted by Crippen LogP contribution is -2.14. The minimum absolute atomic E-state index is 0.0730. The van der Waals surface area contributed by atoms with Crippen molar-refractivity contribution >= 4 is 32.7 Å². The molecule has 0 N–H and O–H groups in total. The predicted molar refractivity (Wildman–Crippen MR) is 83.5 cm³/mol. The van der Waals surface area contributed by atoms with Crippen molar-refractivity contribution < 1.29 is 13.9 Å². The zero-order chi connectivity index (χ0) is 14.8. The number of carbonyl (C=O) groups is 1. The van der Waals surface area contributed by atoms with Gasteiger partial charge in [-0.3, -0.25) is 4.79 Å². The van der Waals surface area contributed by atoms with Gasteiger partial charge in [-0.05, 0) is 43.9 Å². The molecule has 1 aromatic heterocycles. The van der Waals surface area contributed by atoms with E-state index in [0.717, 1.165) is 18.2 Å². The highest BCUT2D eigenvalue weighted by atomic mass is 79.9. The molecule has 1 saturated carbocycles. The molecule has 110 valence electrons. The second kappa shape index (κ2) is 6.02. The molecule has 0 aliphatic heterocycles. The fourth-order valence-electron chi connectivity index (χ4n) is 2.63. The Kier molecular flexibility index (Phi) is 4.10. The number of carbonyl (C=O) groups excluding carboxylic acids is 1. The van der Waals surface area contributed by atoms with Gasteiger partial charge < -0.3 is 9.15 Å². The third-order valence-corrected chi connectivity index (χ3v) is 4.24. The van der Waals surface area contributed by atoms with Gasteiger partial charge in [0.1, 0.15) is 16.9 Å². The van der Waals surface area contributed by atoms with Gasteiger partial charge in [0.05, 0.1) is 11.4 Å². The average molecular weight is 351 g/mol. The Morgan fingerprint density at radius 1 is 1.29 bits per heavy atom. The Bertz CT molecular complexity index is 729. The van der Waals surface area contributed by atoms with Crippen molar-refractivity contribution in [1.82, 2.24) is 0 Å². The zero-order valence-electron chi connectivity index (χ0n) is 11.4. The molecule has 21 heavy (non-hydrogen) atoms. The summed E-state index contributed by atoms with van der Waals surface area (Å²) < 4.78 is 11.1. The molecule has 0 spiro atoms. The summed E-state index contributed by atoms with van der Waals surface area (Å²) in [5, 5.41) is 0.823. The number of fused-ring (bicyclic) bond motifs is 1. The summed E-state index contributed by atoms with van der Waals surface area (Å²) in [4.78, 5) is 23.5. The first kappa shape index (κ1) is 14.3. The monoisotopic (exact) mass is 350 g/mol. The first-order valence-electron chi connectivity index (χ1n) is 7.01. The van der Waals surface area contributed by atoms with Crippen LogP contribution < -0.4 is 10.4 Å². The number of ketones is 1. The molecule has 1 fully saturated rings. The fraction of sp³-hybridized carbons (Fsp3) is 0.375. The number of ether oxygens (including phenoxy) is 1. The molecule has 0 atom stereocenters. The van der Waals surface area contributed by atoms with E-state index in [-0.39, 0.29) is 22.8 Å². The highest BCUT2D eigenvalue weighted by Gasteiger charge is 2.17. The number of hydrogen-bond donors (Lipinski definition) is 0. The first-order valence-corrected chi connectivity index (χ1v) is 8.13. The topological polar surface area (TPSA) is 56.5 Å². The van der Waals surface area contributed by atoms with Crippen molar-refractivity contribution in [2.24, 2.45) is 0 Å². The molecule has 2 aromatic rings. The highest BCUT2D eigenvalue weighted by Crippen LogP contribution is 2.26. The van der Waals surface area contributed by atoms with E-state index >= 15 is 0 Å². The molecule has 1 heterocycles. The van der Waals surface area contributed by atoms with Crippen LogP contribution in [0, 0.1) is 0 Å². The van der Waals surface area contributed by atoms with Gasteiger partial charge in [0, 0.05) is 11.5 Å². The average Bonchev–Trinajstić information content (AvgIpc) is 2.98. The van der Waals surface area contributed by atoms with E-state index in [1.807, 2.05) is 12.1 Å². The summed E-state index contributed by atoms with van der Waals surface area (Å²) >= 11 is 3.06. The van der Waals surface area contributed by atoms with E-state index in [1.165, 1.54) is 12.8 Å². The maximum absolute atomic E-state index is 11.8. The summed E-state index contributed by atoms with van der Waals surface area (Å²) in [5.41, 5.74) is -0.0876. The third kappa shape index (κ3) is 3.02. The van der Waals surface area contributed by atoms with Gasteiger partial charge in [-0.15, -0.1) is 0 Å². The molecule has 0 radical (unpaired) electrons. The number of rotatable bonds is 4. The molecule has 0 saturated heterocycles. The maximum Gasteiger partial charge on any atom is 0.347 e. The van der Waals surface area contributed by atoms with Crippen LogP contribution in [0.2, 0.25) is 0 Å². The molecular weight excluding hydrogens is 336 g/mol. The zero-order valence-corrected chi connectivity index (χ0v) is 13.0. The third-order valence-electron chi connectivity index (χ3n) is 3.73. The number of halogens is 1. The van der Waals surface area contributed by atoms with Crippen molar-refractivity contribution in [3.05, 3.63) is 40.2 Å². The van der Waals surface area contributed by atoms with E-state index < -0.39 is 5.63 Å². The fourth-order valence-corrected chi connectivity index (χ4v) is 2.93. The van der Waals surface area contributed by atoms with Crippen molar-refractivity contribution in [3.63, 3.8) is 0 Å². The lowest BCUT2D eigenvalue weighted by atomic mass is 10.1. The minimum Gasteiger partial charge on any atom is -0.490 e. The van der Waals surface area contributed by atoms with Crippen LogP contribution in [0.3, 0.4) is 0 Å². The van der Waals surface area contributed by atoms with E-state index in [9.17, 15) is 9.59 Å². The lowest BCUT2D eigenvalue weighted by Gasteiger charge is -2.13. The van der Waals surface area contributed by atoms with E-state index in [4.69, 9.17) is 9.15 Å². The van der Waals surface area contributed by atoms with Gasteiger partial charge in [-0.1, -0.05) is 15.9 Å². The Hall–Kier alpha value is -1.62. The summed E-state index contributed by atoms with van der Waals surface area (Å²) in [6, 6.07) is 6.96. The molecule has 1 aliphatic rings. The van der Waals surface area contributed by atoms with Crippen LogP contribution in [0.25, 0.3) is 11.0 Å². The Balaban J connectivity index is 1.94. The summed E-state index contributed by atoms with van der Waals surface area (Å²) in [5.74, 6) is 0.425. The van der Waals surface area contributed by atoms with Crippen LogP contribution in [0.1, 0.15) is 36.0 Å². The largest absolute Gasteiger partial charge is 0.490 e. The van der Waals surface area contributed by atoms with E-state index in [2.05, 4.69) is 15.9 Å². The molecule has 5 heteroatoms.